The highest BCUT2D eigenvalue weighted by molar-refractivity contribution is 6.08. The van der Waals surface area contributed by atoms with Gasteiger partial charge in [0.15, 0.2) is 0 Å². The number of allylic oxidation sites excluding steroid dienone is 6. The average Bonchev–Trinajstić information content (AvgIpc) is 2.74. The highest BCUT2D eigenvalue weighted by Gasteiger charge is 2.23. The molecule has 6 heteroatoms. The van der Waals surface area contributed by atoms with Gasteiger partial charge >= 0.3 is 0 Å². The van der Waals surface area contributed by atoms with Crippen LogP contribution < -0.4 is 15.6 Å². The number of amides is 1. The lowest BCUT2D eigenvalue weighted by atomic mass is 10.1. The third-order valence-electron chi connectivity index (χ3n) is 4.08. The molecule has 1 atom stereocenters. The van der Waals surface area contributed by atoms with Gasteiger partial charge in [-0.05, 0) is 37.6 Å². The standard InChI is InChI=1S/C23H31N5O/c1-7-11-13-19(12-8-2)27-21(9-3)23(29)28(10-4)20-14-15-22(25-17-20)18(5)16-26-24-6/h7-8,11-17,21,24,27H,1-2,5,9-10H2,3-4,6H3/b13-11-,19-12+,26-16-. The van der Waals surface area contributed by atoms with E-state index < -0.39 is 0 Å². The number of rotatable bonds is 12. The first-order valence-electron chi connectivity index (χ1n) is 9.57. The Morgan fingerprint density at radius 1 is 1.31 bits per heavy atom. The second-order valence-corrected chi connectivity index (χ2v) is 6.05. The van der Waals surface area contributed by atoms with Crippen LogP contribution in [0.1, 0.15) is 26.0 Å². The van der Waals surface area contributed by atoms with Crippen molar-refractivity contribution in [3.8, 4) is 0 Å². The number of aromatic nitrogens is 1. The molecule has 0 saturated heterocycles. The van der Waals surface area contributed by atoms with Crippen molar-refractivity contribution in [3.63, 3.8) is 0 Å². The lowest BCUT2D eigenvalue weighted by molar-refractivity contribution is -0.120. The normalized spacial score (nSPS) is 12.6. The molecular weight excluding hydrogens is 362 g/mol. The van der Waals surface area contributed by atoms with E-state index in [1.807, 2.05) is 44.2 Å². The van der Waals surface area contributed by atoms with Crippen LogP contribution in [0.4, 0.5) is 5.69 Å². The molecule has 0 aliphatic rings. The van der Waals surface area contributed by atoms with Crippen LogP contribution in [0.5, 0.6) is 0 Å². The summed E-state index contributed by atoms with van der Waals surface area (Å²) in [5, 5.41) is 7.22. The molecule has 154 valence electrons. The van der Waals surface area contributed by atoms with E-state index in [1.54, 1.807) is 36.5 Å². The number of hydrogen-bond acceptors (Lipinski definition) is 5. The molecule has 29 heavy (non-hydrogen) atoms. The molecule has 1 rings (SSSR count). The van der Waals surface area contributed by atoms with Gasteiger partial charge < -0.3 is 15.6 Å². The van der Waals surface area contributed by atoms with Crippen molar-refractivity contribution in [2.45, 2.75) is 26.3 Å². The average molecular weight is 394 g/mol. The summed E-state index contributed by atoms with van der Waals surface area (Å²) < 4.78 is 0. The number of pyridine rings is 1. The molecule has 1 amide bonds. The Morgan fingerprint density at radius 3 is 2.59 bits per heavy atom. The van der Waals surface area contributed by atoms with Crippen LogP contribution in [0.15, 0.2) is 79.2 Å². The minimum Gasteiger partial charge on any atom is -0.374 e. The molecule has 1 unspecified atom stereocenters. The van der Waals surface area contributed by atoms with E-state index in [0.717, 1.165) is 11.4 Å². The van der Waals surface area contributed by atoms with Crippen molar-refractivity contribution in [2.75, 3.05) is 18.5 Å². The maximum Gasteiger partial charge on any atom is 0.249 e. The molecule has 1 aromatic rings. The second kappa shape index (κ2) is 12.9. The summed E-state index contributed by atoms with van der Waals surface area (Å²) in [6.07, 6.45) is 12.8. The molecule has 6 nitrogen and oxygen atoms in total. The zero-order chi connectivity index (χ0) is 21.6. The van der Waals surface area contributed by atoms with Gasteiger partial charge in [-0.15, -0.1) is 0 Å². The van der Waals surface area contributed by atoms with Crippen molar-refractivity contribution < 1.29 is 4.79 Å². The monoisotopic (exact) mass is 393 g/mol. The summed E-state index contributed by atoms with van der Waals surface area (Å²) in [6, 6.07) is 3.32. The number of carbonyl (C=O) groups excluding carboxylic acids is 1. The van der Waals surface area contributed by atoms with Gasteiger partial charge in [0.05, 0.1) is 23.8 Å². The fourth-order valence-corrected chi connectivity index (χ4v) is 2.59. The Morgan fingerprint density at radius 2 is 2.07 bits per heavy atom. The van der Waals surface area contributed by atoms with E-state index in [4.69, 9.17) is 0 Å². The maximum atomic E-state index is 13.2. The molecular formula is C23H31N5O. The molecule has 1 aromatic heterocycles. The van der Waals surface area contributed by atoms with Gasteiger partial charge in [-0.2, -0.15) is 5.10 Å². The fourth-order valence-electron chi connectivity index (χ4n) is 2.59. The van der Waals surface area contributed by atoms with Crippen LogP contribution in [0.25, 0.3) is 5.57 Å². The first-order chi connectivity index (χ1) is 14.0. The first kappa shape index (κ1) is 23.6. The van der Waals surface area contributed by atoms with Crippen molar-refractivity contribution in [1.29, 1.82) is 0 Å². The van der Waals surface area contributed by atoms with Crippen LogP contribution in [0, 0.1) is 0 Å². The lowest BCUT2D eigenvalue weighted by Gasteiger charge is -2.27. The van der Waals surface area contributed by atoms with Crippen molar-refractivity contribution >= 4 is 23.4 Å². The third-order valence-corrected chi connectivity index (χ3v) is 4.08. The van der Waals surface area contributed by atoms with Crippen LogP contribution in [0.2, 0.25) is 0 Å². The number of carbonyl (C=O) groups is 1. The van der Waals surface area contributed by atoms with E-state index in [9.17, 15) is 4.79 Å². The number of hydrogen-bond donors (Lipinski definition) is 2. The minimum atomic E-state index is -0.381. The quantitative estimate of drug-likeness (QED) is 0.322. The Hall–Kier alpha value is -3.41. The zero-order valence-corrected chi connectivity index (χ0v) is 17.6. The summed E-state index contributed by atoms with van der Waals surface area (Å²) in [4.78, 5) is 19.3. The van der Waals surface area contributed by atoms with Gasteiger partial charge in [0.25, 0.3) is 0 Å². The van der Waals surface area contributed by atoms with Gasteiger partial charge in [-0.25, -0.2) is 0 Å². The summed E-state index contributed by atoms with van der Waals surface area (Å²) in [5.74, 6) is -0.0258. The maximum absolute atomic E-state index is 13.2. The number of nitrogens with zero attached hydrogens (tertiary/aromatic N) is 3. The predicted octanol–water partition coefficient (Wildman–Crippen LogP) is 3.83. The van der Waals surface area contributed by atoms with E-state index >= 15 is 0 Å². The van der Waals surface area contributed by atoms with Gasteiger partial charge in [0, 0.05) is 24.9 Å². The van der Waals surface area contributed by atoms with E-state index in [0.29, 0.717) is 24.2 Å². The molecule has 0 aromatic carbocycles. The second-order valence-electron chi connectivity index (χ2n) is 6.05. The summed E-state index contributed by atoms with van der Waals surface area (Å²) in [7, 11) is 1.71. The number of anilines is 1. The highest BCUT2D eigenvalue weighted by atomic mass is 16.2. The van der Waals surface area contributed by atoms with Gasteiger partial charge in [-0.3, -0.25) is 9.78 Å². The van der Waals surface area contributed by atoms with Crippen LogP contribution in [0.3, 0.4) is 0 Å². The SMILES string of the molecule is C=C/C=C\C(=C/C=C)NC(CC)C(=O)N(CC)c1ccc(C(=C)/C=N\NC)nc1. The third kappa shape index (κ3) is 7.25. The minimum absolute atomic E-state index is 0.0258. The Bertz CT molecular complexity index is 790. The molecule has 0 aliphatic heterocycles. The molecule has 2 N–H and O–H groups in total. The van der Waals surface area contributed by atoms with Crippen LogP contribution in [-0.4, -0.2) is 36.7 Å². The molecule has 0 radical (unpaired) electrons. The lowest BCUT2D eigenvalue weighted by Crippen LogP contribution is -2.46. The van der Waals surface area contributed by atoms with Gasteiger partial charge in [0.2, 0.25) is 5.91 Å². The smallest absolute Gasteiger partial charge is 0.249 e. The number of hydrazone groups is 1. The van der Waals surface area contributed by atoms with Crippen LogP contribution >= 0.6 is 0 Å². The van der Waals surface area contributed by atoms with Crippen molar-refractivity contribution in [1.82, 2.24) is 15.7 Å². The van der Waals surface area contributed by atoms with Gasteiger partial charge in [0.1, 0.15) is 6.04 Å². The van der Waals surface area contributed by atoms with E-state index in [1.165, 1.54) is 0 Å². The molecule has 0 fully saturated rings. The number of likely N-dealkylation sites (N-methyl/N-ethyl adjacent to an activating group) is 1. The Labute approximate surface area is 174 Å². The van der Waals surface area contributed by atoms with E-state index in [2.05, 4.69) is 40.6 Å². The summed E-state index contributed by atoms with van der Waals surface area (Å²) >= 11 is 0. The number of nitrogens with one attached hydrogen (secondary N) is 2. The molecule has 0 spiro atoms. The molecule has 0 saturated carbocycles. The molecule has 0 aliphatic carbocycles. The van der Waals surface area contributed by atoms with Crippen molar-refractivity contribution in [2.24, 2.45) is 5.10 Å². The Balaban J connectivity index is 3.03. The van der Waals surface area contributed by atoms with Crippen molar-refractivity contribution in [3.05, 3.63) is 79.8 Å². The largest absolute Gasteiger partial charge is 0.374 e. The molecule has 1 heterocycles. The summed E-state index contributed by atoms with van der Waals surface area (Å²) in [5.41, 5.74) is 5.59. The van der Waals surface area contributed by atoms with Crippen LogP contribution in [-0.2, 0) is 4.79 Å². The molecule has 0 bridgehead atoms. The predicted molar refractivity (Wildman–Crippen MR) is 124 cm³/mol. The topological polar surface area (TPSA) is 69.6 Å². The Kier molecular flexibility index (Phi) is 10.5. The van der Waals surface area contributed by atoms with E-state index in [-0.39, 0.29) is 11.9 Å². The zero-order valence-electron chi connectivity index (χ0n) is 17.6. The first-order valence-corrected chi connectivity index (χ1v) is 9.57. The highest BCUT2D eigenvalue weighted by Crippen LogP contribution is 2.18. The fraction of sp³-hybridized carbons (Fsp3) is 0.261. The summed E-state index contributed by atoms with van der Waals surface area (Å²) in [6.45, 7) is 15.8. The van der Waals surface area contributed by atoms with Gasteiger partial charge in [-0.1, -0.05) is 44.9 Å².